The van der Waals surface area contributed by atoms with Crippen molar-refractivity contribution in [3.05, 3.63) is 35.9 Å². The van der Waals surface area contributed by atoms with E-state index in [0.717, 1.165) is 18.4 Å². The summed E-state index contributed by atoms with van der Waals surface area (Å²) in [4.78, 5) is 23.5. The number of aliphatic hydroxyl groups is 1. The Balaban J connectivity index is 1.79. The van der Waals surface area contributed by atoms with Crippen molar-refractivity contribution in [1.29, 1.82) is 0 Å². The third kappa shape index (κ3) is 4.37. The van der Waals surface area contributed by atoms with Gasteiger partial charge in [-0.3, -0.25) is 9.59 Å². The van der Waals surface area contributed by atoms with Crippen molar-refractivity contribution < 1.29 is 14.7 Å². The number of hydrogen-bond donors (Lipinski definition) is 3. The van der Waals surface area contributed by atoms with E-state index in [-0.39, 0.29) is 11.7 Å². The molecule has 0 heterocycles. The van der Waals surface area contributed by atoms with Crippen molar-refractivity contribution in [2.75, 3.05) is 0 Å². The van der Waals surface area contributed by atoms with Crippen molar-refractivity contribution in [3.8, 4) is 0 Å². The van der Waals surface area contributed by atoms with E-state index in [2.05, 4.69) is 5.32 Å². The van der Waals surface area contributed by atoms with E-state index in [1.54, 1.807) is 0 Å². The molecule has 1 aromatic carbocycles. The fraction of sp³-hybridized carbons (Fsp3) is 0.500. The number of ketones is 1. The minimum atomic E-state index is -1.28. The fourth-order valence-electron chi connectivity index (χ4n) is 2.68. The van der Waals surface area contributed by atoms with Crippen LogP contribution in [0.25, 0.3) is 0 Å². The quantitative estimate of drug-likeness (QED) is 0.721. The molecule has 5 nitrogen and oxygen atoms in total. The van der Waals surface area contributed by atoms with Gasteiger partial charge < -0.3 is 16.2 Å². The van der Waals surface area contributed by atoms with Gasteiger partial charge in [0.2, 0.25) is 0 Å². The molecule has 4 N–H and O–H groups in total. The topological polar surface area (TPSA) is 92.4 Å². The van der Waals surface area contributed by atoms with Crippen LogP contribution in [0.1, 0.15) is 31.2 Å². The Morgan fingerprint density at radius 3 is 2.71 bits per heavy atom. The predicted octanol–water partition coefficient (Wildman–Crippen LogP) is 0.750. The van der Waals surface area contributed by atoms with Crippen molar-refractivity contribution in [2.24, 2.45) is 11.7 Å². The summed E-state index contributed by atoms with van der Waals surface area (Å²) in [5.41, 5.74) is 6.82. The van der Waals surface area contributed by atoms with Crippen molar-refractivity contribution in [3.63, 3.8) is 0 Å². The lowest BCUT2D eigenvalue weighted by atomic mass is 9.94. The van der Waals surface area contributed by atoms with E-state index in [1.165, 1.54) is 0 Å². The molecule has 1 aliphatic rings. The maximum atomic E-state index is 11.9. The Morgan fingerprint density at radius 1 is 1.38 bits per heavy atom. The number of amides is 1. The molecule has 0 spiro atoms. The number of aliphatic hydroxyl groups excluding tert-OH is 1. The maximum absolute atomic E-state index is 11.9. The first-order valence-electron chi connectivity index (χ1n) is 7.36. The standard InChI is InChI=1S/C16H22N2O3/c17-13(9-12-7-4-8-14(12)19)15(20)16(21)18-10-11-5-2-1-3-6-11/h1-3,5-6,12-13,15,20H,4,7-10,17H2,(H,18,21)/t12-,13-,15?/m0/s1. The summed E-state index contributed by atoms with van der Waals surface area (Å²) in [6, 6.07) is 8.75. The molecule has 0 aromatic heterocycles. The average molecular weight is 290 g/mol. The third-order valence-electron chi connectivity index (χ3n) is 3.97. The molecule has 0 bridgehead atoms. The van der Waals surface area contributed by atoms with Crippen LogP contribution in [0.2, 0.25) is 0 Å². The minimum absolute atomic E-state index is 0.100. The lowest BCUT2D eigenvalue weighted by Gasteiger charge is -2.20. The van der Waals surface area contributed by atoms with Gasteiger partial charge >= 0.3 is 0 Å². The zero-order valence-electron chi connectivity index (χ0n) is 12.0. The van der Waals surface area contributed by atoms with Crippen molar-refractivity contribution >= 4 is 11.7 Å². The first-order valence-corrected chi connectivity index (χ1v) is 7.36. The number of Topliss-reactive ketones (excluding diaryl/α,β-unsaturated/α-hetero) is 1. The fourth-order valence-corrected chi connectivity index (χ4v) is 2.68. The summed E-state index contributed by atoms with van der Waals surface area (Å²) in [5.74, 6) is -0.393. The van der Waals surface area contributed by atoms with Crippen LogP contribution < -0.4 is 11.1 Å². The van der Waals surface area contributed by atoms with Crippen LogP contribution in [-0.2, 0) is 16.1 Å². The molecule has 114 valence electrons. The molecule has 1 fully saturated rings. The zero-order valence-corrected chi connectivity index (χ0v) is 12.0. The van der Waals surface area contributed by atoms with Crippen LogP contribution in [0.4, 0.5) is 0 Å². The molecule has 5 heteroatoms. The molecule has 0 aliphatic heterocycles. The molecule has 1 saturated carbocycles. The Morgan fingerprint density at radius 2 is 2.10 bits per heavy atom. The van der Waals surface area contributed by atoms with Gasteiger partial charge in [-0.05, 0) is 24.8 Å². The predicted molar refractivity (Wildman–Crippen MR) is 79.2 cm³/mol. The number of rotatable bonds is 6. The Bertz CT molecular complexity index is 490. The van der Waals surface area contributed by atoms with Crippen LogP contribution in [0.15, 0.2) is 30.3 Å². The first kappa shape index (κ1) is 15.7. The van der Waals surface area contributed by atoms with E-state index in [9.17, 15) is 14.7 Å². The number of nitrogens with two attached hydrogens (primary N) is 1. The van der Waals surface area contributed by atoms with E-state index in [0.29, 0.717) is 19.4 Å². The van der Waals surface area contributed by atoms with Gasteiger partial charge in [-0.2, -0.15) is 0 Å². The largest absolute Gasteiger partial charge is 0.382 e. The third-order valence-corrected chi connectivity index (χ3v) is 3.97. The van der Waals surface area contributed by atoms with Crippen LogP contribution in [0.5, 0.6) is 0 Å². The van der Waals surface area contributed by atoms with Gasteiger partial charge in [0, 0.05) is 24.9 Å². The highest BCUT2D eigenvalue weighted by Crippen LogP contribution is 2.25. The van der Waals surface area contributed by atoms with Gasteiger partial charge in [-0.25, -0.2) is 0 Å². The SMILES string of the molecule is N[C@@H](C[C@@H]1CCCC1=O)C(O)C(=O)NCc1ccccc1. The number of carbonyl (C=O) groups excluding carboxylic acids is 2. The summed E-state index contributed by atoms with van der Waals surface area (Å²) >= 11 is 0. The molecular formula is C16H22N2O3. The number of nitrogens with one attached hydrogen (secondary N) is 1. The van der Waals surface area contributed by atoms with E-state index in [4.69, 9.17) is 5.73 Å². The second kappa shape index (κ2) is 7.33. The van der Waals surface area contributed by atoms with Crippen LogP contribution in [0, 0.1) is 5.92 Å². The Kier molecular flexibility index (Phi) is 5.47. The molecule has 1 amide bonds. The van der Waals surface area contributed by atoms with Gasteiger partial charge in [-0.15, -0.1) is 0 Å². The monoisotopic (exact) mass is 290 g/mol. The highest BCUT2D eigenvalue weighted by Gasteiger charge is 2.30. The van der Waals surface area contributed by atoms with Gasteiger partial charge in [0.1, 0.15) is 11.9 Å². The maximum Gasteiger partial charge on any atom is 0.250 e. The first-order chi connectivity index (χ1) is 10.1. The molecule has 0 radical (unpaired) electrons. The lowest BCUT2D eigenvalue weighted by Crippen LogP contribution is -2.47. The van der Waals surface area contributed by atoms with E-state index in [1.807, 2.05) is 30.3 Å². The van der Waals surface area contributed by atoms with Crippen molar-refractivity contribution in [2.45, 2.75) is 44.4 Å². The zero-order chi connectivity index (χ0) is 15.2. The molecule has 1 aromatic rings. The second-order valence-electron chi connectivity index (χ2n) is 5.60. The number of hydrogen-bond acceptors (Lipinski definition) is 4. The molecule has 1 aliphatic carbocycles. The normalized spacial score (nSPS) is 21.0. The summed E-state index contributed by atoms with van der Waals surface area (Å²) in [7, 11) is 0. The highest BCUT2D eigenvalue weighted by molar-refractivity contribution is 5.83. The number of carbonyl (C=O) groups is 2. The summed E-state index contributed by atoms with van der Waals surface area (Å²) in [5, 5.41) is 12.6. The average Bonchev–Trinajstić information content (AvgIpc) is 2.90. The summed E-state index contributed by atoms with van der Waals surface area (Å²) in [6.07, 6.45) is 1.38. The van der Waals surface area contributed by atoms with Gasteiger partial charge in [-0.1, -0.05) is 30.3 Å². The minimum Gasteiger partial charge on any atom is -0.382 e. The van der Waals surface area contributed by atoms with E-state index < -0.39 is 18.1 Å². The summed E-state index contributed by atoms with van der Waals surface area (Å²) in [6.45, 7) is 0.353. The Hall–Kier alpha value is -1.72. The van der Waals surface area contributed by atoms with Crippen LogP contribution >= 0.6 is 0 Å². The highest BCUT2D eigenvalue weighted by atomic mass is 16.3. The number of benzene rings is 1. The van der Waals surface area contributed by atoms with Gasteiger partial charge in [0.15, 0.2) is 0 Å². The molecule has 0 saturated heterocycles. The van der Waals surface area contributed by atoms with E-state index >= 15 is 0 Å². The molecular weight excluding hydrogens is 268 g/mol. The van der Waals surface area contributed by atoms with Gasteiger partial charge in [0.25, 0.3) is 5.91 Å². The molecule has 2 rings (SSSR count). The molecule has 21 heavy (non-hydrogen) atoms. The molecule has 3 atom stereocenters. The van der Waals surface area contributed by atoms with Gasteiger partial charge in [0.05, 0.1) is 0 Å². The van der Waals surface area contributed by atoms with Crippen molar-refractivity contribution in [1.82, 2.24) is 5.32 Å². The molecule has 1 unspecified atom stereocenters. The lowest BCUT2D eigenvalue weighted by molar-refractivity contribution is -0.131. The second-order valence-corrected chi connectivity index (χ2v) is 5.60. The van der Waals surface area contributed by atoms with Crippen LogP contribution in [-0.4, -0.2) is 28.9 Å². The smallest absolute Gasteiger partial charge is 0.250 e. The summed E-state index contributed by atoms with van der Waals surface area (Å²) < 4.78 is 0. The van der Waals surface area contributed by atoms with Crippen LogP contribution in [0.3, 0.4) is 0 Å². The Labute approximate surface area is 124 Å².